The molecule has 1 aliphatic rings. The summed E-state index contributed by atoms with van der Waals surface area (Å²) in [6, 6.07) is 7.68. The van der Waals surface area contributed by atoms with Crippen molar-refractivity contribution in [1.82, 2.24) is 0 Å². The van der Waals surface area contributed by atoms with Gasteiger partial charge in [-0.1, -0.05) is 44.9 Å². The summed E-state index contributed by atoms with van der Waals surface area (Å²) in [5.74, 6) is 0.177. The van der Waals surface area contributed by atoms with E-state index < -0.39 is 11.9 Å². The highest BCUT2D eigenvalue weighted by Crippen LogP contribution is 2.42. The Balaban J connectivity index is 2.63. The molecule has 1 atom stereocenters. The molecule has 6 heteroatoms. The topological polar surface area (TPSA) is 99.9 Å². The van der Waals surface area contributed by atoms with Gasteiger partial charge < -0.3 is 20.9 Å². The van der Waals surface area contributed by atoms with E-state index in [9.17, 15) is 4.79 Å². The molecule has 4 N–H and O–H groups in total. The standard InChI is InChI=1S/C22H31N3O3/c1-4-7-13-28-18-12-9-8-11-15(18)19-16(14-23)21(24)25-17(10-5-2)20(19)22(26)27-6-3/h8-9,11-12,14,19H,4-7,10,13,23H2,1-3H3,(H2,24,25)/b16-14-. The number of carbonyl (C=O) groups is 1. The summed E-state index contributed by atoms with van der Waals surface area (Å²) >= 11 is 0. The first-order valence-corrected chi connectivity index (χ1v) is 9.97. The Hall–Kier alpha value is -2.76. The van der Waals surface area contributed by atoms with Gasteiger partial charge in [0.15, 0.2) is 0 Å². The van der Waals surface area contributed by atoms with E-state index in [0.717, 1.165) is 24.8 Å². The predicted molar refractivity (Wildman–Crippen MR) is 112 cm³/mol. The molecule has 152 valence electrons. The third-order valence-electron chi connectivity index (χ3n) is 4.61. The van der Waals surface area contributed by atoms with E-state index in [1.165, 1.54) is 6.20 Å². The molecule has 0 aliphatic carbocycles. The zero-order valence-electron chi connectivity index (χ0n) is 17.0. The van der Waals surface area contributed by atoms with Crippen molar-refractivity contribution in [3.63, 3.8) is 0 Å². The van der Waals surface area contributed by atoms with Crippen LogP contribution in [0.25, 0.3) is 0 Å². The molecular weight excluding hydrogens is 354 g/mol. The molecule has 1 heterocycles. The van der Waals surface area contributed by atoms with Crippen LogP contribution in [0, 0.1) is 0 Å². The summed E-state index contributed by atoms with van der Waals surface area (Å²) in [4.78, 5) is 17.4. The van der Waals surface area contributed by atoms with E-state index in [1.54, 1.807) is 6.92 Å². The quantitative estimate of drug-likeness (QED) is 0.498. The highest BCUT2D eigenvalue weighted by Gasteiger charge is 2.36. The normalized spacial score (nSPS) is 18.2. The van der Waals surface area contributed by atoms with Gasteiger partial charge in [0.25, 0.3) is 0 Å². The third-order valence-corrected chi connectivity index (χ3v) is 4.61. The molecule has 6 nitrogen and oxygen atoms in total. The van der Waals surface area contributed by atoms with Crippen LogP contribution in [0.3, 0.4) is 0 Å². The Bertz CT molecular complexity index is 781. The van der Waals surface area contributed by atoms with Crippen LogP contribution in [-0.2, 0) is 9.53 Å². The van der Waals surface area contributed by atoms with Gasteiger partial charge in [-0.2, -0.15) is 0 Å². The van der Waals surface area contributed by atoms with Crippen molar-refractivity contribution in [1.29, 1.82) is 0 Å². The Morgan fingerprint density at radius 2 is 1.96 bits per heavy atom. The number of allylic oxidation sites excluding steroid dienone is 1. The summed E-state index contributed by atoms with van der Waals surface area (Å²) in [7, 11) is 0. The van der Waals surface area contributed by atoms with Gasteiger partial charge >= 0.3 is 5.97 Å². The SMILES string of the molecule is CCCCOc1ccccc1C1C(C(=O)OCC)=C(CCC)N=C(N)/C1=C\N. The zero-order valence-corrected chi connectivity index (χ0v) is 17.0. The minimum absolute atomic E-state index is 0.282. The first-order chi connectivity index (χ1) is 13.6. The summed E-state index contributed by atoms with van der Waals surface area (Å²) in [5, 5.41) is 0. The van der Waals surface area contributed by atoms with Crippen LogP contribution in [0.1, 0.15) is 57.9 Å². The lowest BCUT2D eigenvalue weighted by Gasteiger charge is -2.29. The monoisotopic (exact) mass is 385 g/mol. The molecule has 1 aliphatic heterocycles. The molecule has 0 bridgehead atoms. The fourth-order valence-electron chi connectivity index (χ4n) is 3.29. The van der Waals surface area contributed by atoms with Crippen molar-refractivity contribution in [2.45, 2.75) is 52.4 Å². The molecular formula is C22H31N3O3. The average molecular weight is 386 g/mol. The summed E-state index contributed by atoms with van der Waals surface area (Å²) in [6.07, 6.45) is 4.87. The minimum Gasteiger partial charge on any atom is -0.493 e. The summed E-state index contributed by atoms with van der Waals surface area (Å²) < 4.78 is 11.4. The number of amidine groups is 1. The third kappa shape index (κ3) is 4.74. The maximum atomic E-state index is 12.9. The van der Waals surface area contributed by atoms with Gasteiger partial charge in [0.2, 0.25) is 0 Å². The first-order valence-electron chi connectivity index (χ1n) is 9.97. The molecule has 1 aromatic rings. The molecule has 0 radical (unpaired) electrons. The van der Waals surface area contributed by atoms with Crippen LogP contribution >= 0.6 is 0 Å². The molecule has 1 aromatic carbocycles. The van der Waals surface area contributed by atoms with Crippen molar-refractivity contribution in [3.8, 4) is 5.75 Å². The van der Waals surface area contributed by atoms with E-state index in [-0.39, 0.29) is 6.61 Å². The fraction of sp³-hybridized carbons (Fsp3) is 0.455. The zero-order chi connectivity index (χ0) is 20.5. The largest absolute Gasteiger partial charge is 0.493 e. The number of benzene rings is 1. The lowest BCUT2D eigenvalue weighted by Crippen LogP contribution is -2.30. The second kappa shape index (κ2) is 10.5. The summed E-state index contributed by atoms with van der Waals surface area (Å²) in [6.45, 7) is 6.82. The van der Waals surface area contributed by atoms with Crippen LogP contribution in [0.2, 0.25) is 0 Å². The minimum atomic E-state index is -0.471. The van der Waals surface area contributed by atoms with Crippen LogP contribution < -0.4 is 16.2 Å². The number of nitrogens with two attached hydrogens (primary N) is 2. The molecule has 0 aromatic heterocycles. The lowest BCUT2D eigenvalue weighted by atomic mass is 9.80. The molecule has 0 fully saturated rings. The number of unbranched alkanes of at least 4 members (excludes halogenated alkanes) is 1. The second-order valence-electron chi connectivity index (χ2n) is 6.62. The van der Waals surface area contributed by atoms with Crippen molar-refractivity contribution in [2.75, 3.05) is 13.2 Å². The van der Waals surface area contributed by atoms with E-state index >= 15 is 0 Å². The lowest BCUT2D eigenvalue weighted by molar-refractivity contribution is -0.138. The Morgan fingerprint density at radius 1 is 1.21 bits per heavy atom. The first kappa shape index (κ1) is 21.5. The Kier molecular flexibility index (Phi) is 8.11. The Labute approximate surface area is 167 Å². The average Bonchev–Trinajstić information content (AvgIpc) is 2.68. The van der Waals surface area contributed by atoms with Gasteiger partial charge in [-0.3, -0.25) is 0 Å². The van der Waals surface area contributed by atoms with Crippen molar-refractivity contribution in [2.24, 2.45) is 16.5 Å². The number of esters is 1. The van der Waals surface area contributed by atoms with Gasteiger partial charge in [-0.15, -0.1) is 0 Å². The van der Waals surface area contributed by atoms with Gasteiger partial charge in [-0.25, -0.2) is 9.79 Å². The van der Waals surface area contributed by atoms with Crippen molar-refractivity contribution in [3.05, 3.63) is 52.9 Å². The molecule has 0 spiro atoms. The van der Waals surface area contributed by atoms with Crippen LogP contribution in [0.15, 0.2) is 52.3 Å². The molecule has 0 saturated carbocycles. The van der Waals surface area contributed by atoms with Crippen molar-refractivity contribution < 1.29 is 14.3 Å². The van der Waals surface area contributed by atoms with Gasteiger partial charge in [-0.05, 0) is 25.8 Å². The van der Waals surface area contributed by atoms with Crippen LogP contribution in [0.4, 0.5) is 0 Å². The highest BCUT2D eigenvalue weighted by molar-refractivity contribution is 6.05. The van der Waals surface area contributed by atoms with Crippen LogP contribution in [-0.4, -0.2) is 25.0 Å². The smallest absolute Gasteiger partial charge is 0.336 e. The number of para-hydroxylation sites is 1. The number of ether oxygens (including phenoxy) is 2. The number of carbonyl (C=O) groups excluding carboxylic acids is 1. The van der Waals surface area contributed by atoms with Gasteiger partial charge in [0, 0.05) is 17.3 Å². The fourth-order valence-corrected chi connectivity index (χ4v) is 3.29. The van der Waals surface area contributed by atoms with Crippen LogP contribution in [0.5, 0.6) is 5.75 Å². The summed E-state index contributed by atoms with van der Waals surface area (Å²) in [5.41, 5.74) is 14.7. The number of hydrogen-bond donors (Lipinski definition) is 2. The second-order valence-corrected chi connectivity index (χ2v) is 6.62. The molecule has 1 unspecified atom stereocenters. The number of rotatable bonds is 9. The van der Waals surface area contributed by atoms with E-state index in [0.29, 0.717) is 41.5 Å². The molecule has 0 amide bonds. The van der Waals surface area contributed by atoms with Crippen molar-refractivity contribution >= 4 is 11.8 Å². The van der Waals surface area contributed by atoms with E-state index in [4.69, 9.17) is 20.9 Å². The van der Waals surface area contributed by atoms with E-state index in [2.05, 4.69) is 11.9 Å². The Morgan fingerprint density at radius 3 is 2.61 bits per heavy atom. The van der Waals surface area contributed by atoms with Gasteiger partial charge in [0.05, 0.1) is 30.4 Å². The number of nitrogens with zero attached hydrogens (tertiary/aromatic N) is 1. The molecule has 0 saturated heterocycles. The maximum absolute atomic E-state index is 12.9. The molecule has 2 rings (SSSR count). The van der Waals surface area contributed by atoms with Gasteiger partial charge in [0.1, 0.15) is 11.6 Å². The maximum Gasteiger partial charge on any atom is 0.336 e. The number of aliphatic imine (C=N–C) groups is 1. The number of hydrogen-bond acceptors (Lipinski definition) is 6. The van der Waals surface area contributed by atoms with E-state index in [1.807, 2.05) is 31.2 Å². The molecule has 28 heavy (non-hydrogen) atoms. The predicted octanol–water partition coefficient (Wildman–Crippen LogP) is 3.78. The highest BCUT2D eigenvalue weighted by atomic mass is 16.5.